The average Bonchev–Trinajstić information content (AvgIpc) is 3.14. The van der Waals surface area contributed by atoms with Gasteiger partial charge in [-0.1, -0.05) is 69.3 Å². The lowest BCUT2D eigenvalue weighted by Crippen LogP contribution is -2.52. The van der Waals surface area contributed by atoms with Crippen LogP contribution >= 0.6 is 0 Å². The zero-order valence-electron chi connectivity index (χ0n) is 21.0. The molecule has 1 aliphatic rings. The third-order valence-electron chi connectivity index (χ3n) is 6.75. The van der Waals surface area contributed by atoms with Gasteiger partial charge in [-0.2, -0.15) is 0 Å². The summed E-state index contributed by atoms with van der Waals surface area (Å²) in [5, 5.41) is 14.9. The van der Waals surface area contributed by atoms with Crippen molar-refractivity contribution >= 4 is 18.0 Å². The standard InChI is InChI=1S/C28H36N2O5/c1-5-28(4,26(32)33)30-25(31)15-19(14-18(2)3)16-29-27(34)35-17-24-22-12-8-6-10-20(22)21-11-7-9-13-23(21)24/h6-13,18-19,24H,5,14-17H2,1-4H3,(H,29,34)(H,30,31)(H,32,33)/t19-,28?/m0/s1. The van der Waals surface area contributed by atoms with Gasteiger partial charge in [0.1, 0.15) is 12.1 Å². The first-order valence-electron chi connectivity index (χ1n) is 12.3. The molecule has 35 heavy (non-hydrogen) atoms. The average molecular weight is 481 g/mol. The van der Waals surface area contributed by atoms with Crippen LogP contribution in [0.2, 0.25) is 0 Å². The summed E-state index contributed by atoms with van der Waals surface area (Å²) in [6, 6.07) is 16.3. The third-order valence-corrected chi connectivity index (χ3v) is 6.75. The Bertz CT molecular complexity index is 1020. The molecule has 0 aromatic heterocycles. The number of nitrogens with one attached hydrogen (secondary N) is 2. The van der Waals surface area contributed by atoms with Gasteiger partial charge in [0.25, 0.3) is 0 Å². The summed E-state index contributed by atoms with van der Waals surface area (Å²) in [6.07, 6.45) is 0.600. The number of carbonyl (C=O) groups excluding carboxylic acids is 2. The molecule has 0 bridgehead atoms. The molecule has 1 unspecified atom stereocenters. The largest absolute Gasteiger partial charge is 0.480 e. The first-order chi connectivity index (χ1) is 16.6. The number of carbonyl (C=O) groups is 3. The summed E-state index contributed by atoms with van der Waals surface area (Å²) in [5.41, 5.74) is 3.32. The lowest BCUT2D eigenvalue weighted by Gasteiger charge is -2.26. The number of ether oxygens (including phenoxy) is 1. The fourth-order valence-corrected chi connectivity index (χ4v) is 4.70. The zero-order valence-corrected chi connectivity index (χ0v) is 21.0. The van der Waals surface area contributed by atoms with Gasteiger partial charge in [-0.25, -0.2) is 9.59 Å². The molecule has 0 fully saturated rings. The van der Waals surface area contributed by atoms with Crippen LogP contribution in [0.4, 0.5) is 4.79 Å². The van der Waals surface area contributed by atoms with Gasteiger partial charge in [0.15, 0.2) is 0 Å². The quantitative estimate of drug-likeness (QED) is 0.422. The SMILES string of the molecule is CCC(C)(NC(=O)C[C@@H](CNC(=O)OCC1c2ccccc2-c2ccccc21)CC(C)C)C(=O)O. The minimum Gasteiger partial charge on any atom is -0.480 e. The molecule has 2 aromatic carbocycles. The number of rotatable bonds is 11. The maximum atomic E-state index is 12.6. The summed E-state index contributed by atoms with van der Waals surface area (Å²) in [7, 11) is 0. The number of aliphatic carboxylic acids is 1. The number of benzene rings is 2. The van der Waals surface area contributed by atoms with Crippen molar-refractivity contribution in [3.05, 3.63) is 59.7 Å². The van der Waals surface area contributed by atoms with Gasteiger partial charge in [-0.05, 0) is 53.9 Å². The highest BCUT2D eigenvalue weighted by Gasteiger charge is 2.33. The van der Waals surface area contributed by atoms with Crippen LogP contribution in [-0.2, 0) is 14.3 Å². The zero-order chi connectivity index (χ0) is 25.6. The maximum Gasteiger partial charge on any atom is 0.407 e. The second-order valence-corrected chi connectivity index (χ2v) is 9.95. The Morgan fingerprint density at radius 3 is 2.11 bits per heavy atom. The van der Waals surface area contributed by atoms with Crippen LogP contribution in [0.1, 0.15) is 64.0 Å². The first kappa shape index (κ1) is 26.3. The van der Waals surface area contributed by atoms with Crippen molar-refractivity contribution in [3.63, 3.8) is 0 Å². The van der Waals surface area contributed by atoms with Gasteiger partial charge >= 0.3 is 12.1 Å². The number of hydrogen-bond acceptors (Lipinski definition) is 4. The Morgan fingerprint density at radius 1 is 1.03 bits per heavy atom. The highest BCUT2D eigenvalue weighted by Crippen LogP contribution is 2.44. The molecule has 1 aliphatic carbocycles. The molecule has 2 atom stereocenters. The van der Waals surface area contributed by atoms with Crippen molar-refractivity contribution in [2.45, 2.75) is 58.4 Å². The van der Waals surface area contributed by atoms with Crippen molar-refractivity contribution < 1.29 is 24.2 Å². The minimum absolute atomic E-state index is 0.0203. The first-order valence-corrected chi connectivity index (χ1v) is 12.3. The van der Waals surface area contributed by atoms with Crippen molar-refractivity contribution in [3.8, 4) is 11.1 Å². The fraction of sp³-hybridized carbons (Fsp3) is 0.464. The predicted octanol–water partition coefficient (Wildman–Crippen LogP) is 4.95. The van der Waals surface area contributed by atoms with E-state index >= 15 is 0 Å². The summed E-state index contributed by atoms with van der Waals surface area (Å²) >= 11 is 0. The summed E-state index contributed by atoms with van der Waals surface area (Å²) in [5.74, 6) is -1.24. The van der Waals surface area contributed by atoms with Crippen molar-refractivity contribution in [2.24, 2.45) is 11.8 Å². The molecule has 7 heteroatoms. The fourth-order valence-electron chi connectivity index (χ4n) is 4.70. The molecule has 0 aliphatic heterocycles. The number of amides is 2. The Morgan fingerprint density at radius 2 is 1.60 bits per heavy atom. The Labute approximate surface area is 207 Å². The predicted molar refractivity (Wildman–Crippen MR) is 135 cm³/mol. The van der Waals surface area contributed by atoms with Crippen LogP contribution in [0.5, 0.6) is 0 Å². The molecular weight excluding hydrogens is 444 g/mol. The molecule has 188 valence electrons. The lowest BCUT2D eigenvalue weighted by molar-refractivity contribution is -0.147. The van der Waals surface area contributed by atoms with E-state index in [1.807, 2.05) is 38.1 Å². The van der Waals surface area contributed by atoms with E-state index in [1.165, 1.54) is 18.1 Å². The van der Waals surface area contributed by atoms with Gasteiger partial charge < -0.3 is 20.5 Å². The Kier molecular flexibility index (Phi) is 8.54. The topological polar surface area (TPSA) is 105 Å². The Hall–Kier alpha value is -3.35. The van der Waals surface area contributed by atoms with Crippen molar-refractivity contribution in [1.82, 2.24) is 10.6 Å². The molecular formula is C28H36N2O5. The van der Waals surface area contributed by atoms with Crippen LogP contribution in [0.15, 0.2) is 48.5 Å². The van der Waals surface area contributed by atoms with Crippen LogP contribution in [0.3, 0.4) is 0 Å². The number of carboxylic acids is 1. The second-order valence-electron chi connectivity index (χ2n) is 9.95. The highest BCUT2D eigenvalue weighted by molar-refractivity contribution is 5.86. The lowest BCUT2D eigenvalue weighted by atomic mass is 9.92. The molecule has 0 heterocycles. The van der Waals surface area contributed by atoms with Crippen LogP contribution in [-0.4, -0.2) is 41.8 Å². The van der Waals surface area contributed by atoms with Crippen LogP contribution < -0.4 is 10.6 Å². The van der Waals surface area contributed by atoms with Gasteiger partial charge in [0, 0.05) is 18.9 Å². The van der Waals surface area contributed by atoms with Crippen LogP contribution in [0, 0.1) is 11.8 Å². The van der Waals surface area contributed by atoms with Gasteiger partial charge in [0.05, 0.1) is 0 Å². The van der Waals surface area contributed by atoms with Gasteiger partial charge in [-0.15, -0.1) is 0 Å². The van der Waals surface area contributed by atoms with E-state index in [4.69, 9.17) is 4.74 Å². The molecule has 2 aromatic rings. The number of fused-ring (bicyclic) bond motifs is 3. The van der Waals surface area contributed by atoms with Gasteiger partial charge in [-0.3, -0.25) is 4.79 Å². The van der Waals surface area contributed by atoms with E-state index in [9.17, 15) is 19.5 Å². The maximum absolute atomic E-state index is 12.6. The van der Waals surface area contributed by atoms with E-state index < -0.39 is 17.6 Å². The molecule has 0 saturated carbocycles. The normalized spacial score (nSPS) is 15.0. The van der Waals surface area contributed by atoms with E-state index in [2.05, 4.69) is 34.9 Å². The molecule has 2 amide bonds. The molecule has 3 N–H and O–H groups in total. The van der Waals surface area contributed by atoms with E-state index in [0.29, 0.717) is 12.3 Å². The molecule has 7 nitrogen and oxygen atoms in total. The van der Waals surface area contributed by atoms with Gasteiger partial charge in [0.2, 0.25) is 5.91 Å². The van der Waals surface area contributed by atoms with E-state index in [1.54, 1.807) is 6.92 Å². The van der Waals surface area contributed by atoms with Crippen molar-refractivity contribution in [2.75, 3.05) is 13.2 Å². The molecule has 0 saturated heterocycles. The number of carboxylic acid groups (broad SMARTS) is 1. The monoisotopic (exact) mass is 480 g/mol. The smallest absolute Gasteiger partial charge is 0.407 e. The summed E-state index contributed by atoms with van der Waals surface area (Å²) in [6.45, 7) is 7.82. The second kappa shape index (κ2) is 11.4. The summed E-state index contributed by atoms with van der Waals surface area (Å²) in [4.78, 5) is 36.6. The Balaban J connectivity index is 1.57. The minimum atomic E-state index is -1.31. The molecule has 0 spiro atoms. The summed E-state index contributed by atoms with van der Waals surface area (Å²) < 4.78 is 5.60. The number of alkyl carbamates (subject to hydrolysis) is 1. The van der Waals surface area contributed by atoms with Crippen molar-refractivity contribution in [1.29, 1.82) is 0 Å². The molecule has 0 radical (unpaired) electrons. The number of hydrogen-bond donors (Lipinski definition) is 3. The third kappa shape index (κ3) is 6.41. The van der Waals surface area contributed by atoms with E-state index in [-0.39, 0.29) is 43.7 Å². The van der Waals surface area contributed by atoms with E-state index in [0.717, 1.165) is 11.1 Å². The van der Waals surface area contributed by atoms with Crippen LogP contribution in [0.25, 0.3) is 11.1 Å². The molecule has 3 rings (SSSR count). The highest BCUT2D eigenvalue weighted by atomic mass is 16.5.